The molecule has 1 heterocycles. The number of amides is 1. The van der Waals surface area contributed by atoms with Crippen LogP contribution in [0.5, 0.6) is 0 Å². The first-order valence-electron chi connectivity index (χ1n) is 6.20. The highest BCUT2D eigenvalue weighted by molar-refractivity contribution is 7.11. The summed E-state index contributed by atoms with van der Waals surface area (Å²) in [6.45, 7) is 8.89. The first kappa shape index (κ1) is 15.1. The summed E-state index contributed by atoms with van der Waals surface area (Å²) in [5.74, 6) is -0.000368. The summed E-state index contributed by atoms with van der Waals surface area (Å²) in [5, 5.41) is 3.79. The van der Waals surface area contributed by atoms with Gasteiger partial charge in [-0.15, -0.1) is 11.3 Å². The topological polar surface area (TPSA) is 68.0 Å². The zero-order valence-electron chi connectivity index (χ0n) is 11.6. The lowest BCUT2D eigenvalue weighted by atomic mass is 9.87. The minimum Gasteiger partial charge on any atom is -0.350 e. The number of aromatic nitrogens is 1. The van der Waals surface area contributed by atoms with Crippen LogP contribution in [-0.4, -0.2) is 16.9 Å². The van der Waals surface area contributed by atoms with Crippen LogP contribution in [0.15, 0.2) is 6.20 Å². The van der Waals surface area contributed by atoms with Gasteiger partial charge in [0.05, 0.1) is 6.54 Å². The Balaban J connectivity index is 2.29. The van der Waals surface area contributed by atoms with Gasteiger partial charge in [-0.2, -0.15) is 0 Å². The van der Waals surface area contributed by atoms with Crippen LogP contribution in [0, 0.1) is 12.3 Å². The van der Waals surface area contributed by atoms with Gasteiger partial charge < -0.3 is 11.1 Å². The van der Waals surface area contributed by atoms with Crippen molar-refractivity contribution in [3.8, 4) is 0 Å². The Hall–Kier alpha value is -0.940. The van der Waals surface area contributed by atoms with Crippen molar-refractivity contribution in [3.05, 3.63) is 16.1 Å². The van der Waals surface area contributed by atoms with E-state index in [1.54, 1.807) is 11.3 Å². The van der Waals surface area contributed by atoms with E-state index in [4.69, 9.17) is 5.73 Å². The van der Waals surface area contributed by atoms with E-state index in [1.807, 2.05) is 13.1 Å². The molecule has 0 saturated heterocycles. The van der Waals surface area contributed by atoms with Crippen molar-refractivity contribution in [2.24, 2.45) is 11.1 Å². The highest BCUT2D eigenvalue weighted by Gasteiger charge is 2.18. The maximum absolute atomic E-state index is 11.7. The Morgan fingerprint density at radius 3 is 2.72 bits per heavy atom. The van der Waals surface area contributed by atoms with Crippen LogP contribution < -0.4 is 11.1 Å². The fraction of sp³-hybridized carbons (Fsp3) is 0.692. The average molecular weight is 269 g/mol. The Kier molecular flexibility index (Phi) is 5.28. The maximum Gasteiger partial charge on any atom is 0.221 e. The lowest BCUT2D eigenvalue weighted by molar-refractivity contribution is -0.121. The molecule has 1 aromatic heterocycles. The lowest BCUT2D eigenvalue weighted by Crippen LogP contribution is -2.33. The molecule has 0 spiro atoms. The molecule has 5 heteroatoms. The van der Waals surface area contributed by atoms with Gasteiger partial charge in [0.2, 0.25) is 5.91 Å². The third kappa shape index (κ3) is 6.12. The summed E-state index contributed by atoms with van der Waals surface area (Å²) in [6, 6.07) is -0.0805. The molecule has 0 aromatic carbocycles. The molecule has 0 bridgehead atoms. The number of hydrogen-bond donors (Lipinski definition) is 2. The smallest absolute Gasteiger partial charge is 0.221 e. The van der Waals surface area contributed by atoms with E-state index >= 15 is 0 Å². The van der Waals surface area contributed by atoms with Crippen molar-refractivity contribution in [3.63, 3.8) is 0 Å². The molecular weight excluding hydrogens is 246 g/mol. The predicted octanol–water partition coefficient (Wildman–Crippen LogP) is 2.22. The number of nitrogens with two attached hydrogens (primary N) is 1. The van der Waals surface area contributed by atoms with Crippen LogP contribution in [0.2, 0.25) is 0 Å². The van der Waals surface area contributed by atoms with Gasteiger partial charge in [0.15, 0.2) is 0 Å². The Morgan fingerprint density at radius 1 is 1.56 bits per heavy atom. The van der Waals surface area contributed by atoms with Gasteiger partial charge in [-0.25, -0.2) is 4.98 Å². The highest BCUT2D eigenvalue weighted by Crippen LogP contribution is 2.21. The molecule has 4 nitrogen and oxygen atoms in total. The van der Waals surface area contributed by atoms with Crippen LogP contribution in [0.3, 0.4) is 0 Å². The summed E-state index contributed by atoms with van der Waals surface area (Å²) in [7, 11) is 0. The fourth-order valence-corrected chi connectivity index (χ4v) is 2.55. The summed E-state index contributed by atoms with van der Waals surface area (Å²) in [5.41, 5.74) is 6.12. The Bertz CT molecular complexity index is 395. The second-order valence-corrected chi connectivity index (χ2v) is 7.19. The largest absolute Gasteiger partial charge is 0.350 e. The number of thiazole rings is 1. The van der Waals surface area contributed by atoms with Gasteiger partial charge in [-0.3, -0.25) is 4.79 Å². The molecule has 0 aliphatic carbocycles. The number of carbonyl (C=O) groups is 1. The summed E-state index contributed by atoms with van der Waals surface area (Å²) >= 11 is 1.60. The molecule has 1 atom stereocenters. The van der Waals surface area contributed by atoms with E-state index in [9.17, 15) is 4.79 Å². The molecule has 102 valence electrons. The van der Waals surface area contributed by atoms with Gasteiger partial charge in [0.25, 0.3) is 0 Å². The minimum absolute atomic E-state index is 0.000368. The van der Waals surface area contributed by atoms with Crippen LogP contribution >= 0.6 is 11.3 Å². The first-order chi connectivity index (χ1) is 8.26. The summed E-state index contributed by atoms with van der Waals surface area (Å²) < 4.78 is 0. The number of aryl methyl sites for hydroxylation is 1. The third-order valence-electron chi connectivity index (χ3n) is 2.43. The average Bonchev–Trinajstić information content (AvgIpc) is 2.58. The number of rotatable bonds is 5. The zero-order chi connectivity index (χ0) is 13.8. The summed E-state index contributed by atoms with van der Waals surface area (Å²) in [6.07, 6.45) is 3.04. The van der Waals surface area contributed by atoms with Crippen molar-refractivity contribution >= 4 is 17.2 Å². The van der Waals surface area contributed by atoms with Crippen molar-refractivity contribution in [1.29, 1.82) is 0 Å². The maximum atomic E-state index is 11.7. The molecule has 0 aliphatic heterocycles. The number of carbonyl (C=O) groups excluding carboxylic acids is 1. The Morgan fingerprint density at radius 2 is 2.22 bits per heavy atom. The first-order valence-corrected chi connectivity index (χ1v) is 7.01. The van der Waals surface area contributed by atoms with E-state index in [2.05, 4.69) is 31.1 Å². The van der Waals surface area contributed by atoms with E-state index in [1.165, 1.54) is 0 Å². The molecule has 0 fully saturated rings. The van der Waals surface area contributed by atoms with Crippen molar-refractivity contribution < 1.29 is 4.79 Å². The second kappa shape index (κ2) is 6.29. The number of hydrogen-bond acceptors (Lipinski definition) is 4. The predicted molar refractivity (Wildman–Crippen MR) is 75.4 cm³/mol. The third-order valence-corrected chi connectivity index (χ3v) is 3.34. The number of nitrogens with zero attached hydrogens (tertiary/aromatic N) is 1. The van der Waals surface area contributed by atoms with Gasteiger partial charge in [-0.05, 0) is 18.8 Å². The normalized spacial score (nSPS) is 13.4. The molecule has 1 aromatic rings. The lowest BCUT2D eigenvalue weighted by Gasteiger charge is -2.22. The number of nitrogens with one attached hydrogen (secondary N) is 1. The van der Waals surface area contributed by atoms with E-state index in [0.29, 0.717) is 13.0 Å². The van der Waals surface area contributed by atoms with Crippen molar-refractivity contribution in [2.75, 3.05) is 0 Å². The molecule has 1 unspecified atom stereocenters. The molecule has 0 radical (unpaired) electrons. The van der Waals surface area contributed by atoms with E-state index < -0.39 is 0 Å². The standard InChI is InChI=1S/C13H23N3OS/c1-9-7-16-12(18-9)8-15-11(17)5-10(14)6-13(2,3)4/h7,10H,5-6,8,14H2,1-4H3,(H,15,17). The Labute approximate surface area is 113 Å². The van der Waals surface area contributed by atoms with Gasteiger partial charge >= 0.3 is 0 Å². The van der Waals surface area contributed by atoms with Gasteiger partial charge in [0, 0.05) is 23.5 Å². The van der Waals surface area contributed by atoms with Gasteiger partial charge in [-0.1, -0.05) is 20.8 Å². The van der Waals surface area contributed by atoms with Crippen molar-refractivity contribution in [2.45, 2.75) is 53.1 Å². The van der Waals surface area contributed by atoms with Crippen LogP contribution in [-0.2, 0) is 11.3 Å². The van der Waals surface area contributed by atoms with E-state index in [0.717, 1.165) is 16.3 Å². The molecule has 0 saturated carbocycles. The molecule has 1 amide bonds. The molecular formula is C13H23N3OS. The van der Waals surface area contributed by atoms with Crippen molar-refractivity contribution in [1.82, 2.24) is 10.3 Å². The van der Waals surface area contributed by atoms with Crippen LogP contribution in [0.25, 0.3) is 0 Å². The molecule has 1 rings (SSSR count). The molecule has 0 aliphatic rings. The van der Waals surface area contributed by atoms with Crippen LogP contribution in [0.1, 0.15) is 43.5 Å². The van der Waals surface area contributed by atoms with E-state index in [-0.39, 0.29) is 17.4 Å². The van der Waals surface area contributed by atoms with Crippen LogP contribution in [0.4, 0.5) is 0 Å². The SMILES string of the molecule is Cc1cnc(CNC(=O)CC(N)CC(C)(C)C)s1. The second-order valence-electron chi connectivity index (χ2n) is 5.87. The minimum atomic E-state index is -0.0805. The molecule has 3 N–H and O–H groups in total. The monoisotopic (exact) mass is 269 g/mol. The zero-order valence-corrected chi connectivity index (χ0v) is 12.4. The van der Waals surface area contributed by atoms with Gasteiger partial charge in [0.1, 0.15) is 5.01 Å². The molecule has 18 heavy (non-hydrogen) atoms. The quantitative estimate of drug-likeness (QED) is 0.861. The fourth-order valence-electron chi connectivity index (χ4n) is 1.83. The highest BCUT2D eigenvalue weighted by atomic mass is 32.1. The summed E-state index contributed by atoms with van der Waals surface area (Å²) in [4.78, 5) is 17.1.